The van der Waals surface area contributed by atoms with Crippen molar-refractivity contribution in [1.29, 1.82) is 0 Å². The summed E-state index contributed by atoms with van der Waals surface area (Å²) in [5.74, 6) is -0.296. The Kier molecular flexibility index (Phi) is 3.85. The van der Waals surface area contributed by atoms with E-state index in [1.807, 2.05) is 18.2 Å². The molecule has 1 aliphatic rings. The first kappa shape index (κ1) is 10.4. The normalized spacial score (nSPS) is 14.4. The summed E-state index contributed by atoms with van der Waals surface area (Å²) in [6, 6.07) is 10.3. The lowest BCUT2D eigenvalue weighted by atomic mass is 10.2. The van der Waals surface area contributed by atoms with E-state index in [1.165, 1.54) is 5.56 Å². The summed E-state index contributed by atoms with van der Waals surface area (Å²) in [7, 11) is 0. The number of amides is 2. The molecule has 1 aromatic rings. The maximum atomic E-state index is 10.1. The Morgan fingerprint density at radius 2 is 1.50 bits per heavy atom. The smallest absolute Gasteiger partial charge is 0.227 e. The van der Waals surface area contributed by atoms with E-state index < -0.39 is 0 Å². The Morgan fingerprint density at radius 3 is 1.71 bits per heavy atom. The predicted molar refractivity (Wildman–Crippen MR) is 53.6 cm³/mol. The summed E-state index contributed by atoms with van der Waals surface area (Å²) >= 11 is 0. The molecule has 0 radical (unpaired) electrons. The largest absolute Gasteiger partial charge is 0.296 e. The van der Waals surface area contributed by atoms with Crippen molar-refractivity contribution >= 4 is 11.8 Å². The Labute approximate surface area is 83.1 Å². The third kappa shape index (κ3) is 3.85. The highest BCUT2D eigenvalue weighted by molar-refractivity contribution is 6.01. The van der Waals surface area contributed by atoms with Crippen LogP contribution in [-0.4, -0.2) is 11.8 Å². The molecular weight excluding hydrogens is 178 g/mol. The van der Waals surface area contributed by atoms with Crippen molar-refractivity contribution in [3.8, 4) is 0 Å². The molecule has 2 amide bonds. The van der Waals surface area contributed by atoms with E-state index in [9.17, 15) is 9.59 Å². The zero-order valence-corrected chi connectivity index (χ0v) is 8.12. The van der Waals surface area contributed by atoms with E-state index >= 15 is 0 Å². The number of imide groups is 1. The van der Waals surface area contributed by atoms with Crippen LogP contribution < -0.4 is 5.32 Å². The fourth-order valence-corrected chi connectivity index (χ4v) is 1.04. The van der Waals surface area contributed by atoms with Crippen LogP contribution in [-0.2, 0) is 9.59 Å². The number of carbonyl (C=O) groups is 2. The topological polar surface area (TPSA) is 46.2 Å². The molecule has 0 spiro atoms. The molecule has 2 rings (SSSR count). The fraction of sp³-hybridized carbons (Fsp3) is 0.273. The third-order valence-electron chi connectivity index (χ3n) is 1.80. The number of benzene rings is 1. The van der Waals surface area contributed by atoms with Gasteiger partial charge in [-0.15, -0.1) is 0 Å². The minimum Gasteiger partial charge on any atom is -0.296 e. The minimum atomic E-state index is -0.148. The van der Waals surface area contributed by atoms with Crippen molar-refractivity contribution in [3.63, 3.8) is 0 Å². The molecule has 0 unspecified atom stereocenters. The molecule has 3 nitrogen and oxygen atoms in total. The Hall–Kier alpha value is -1.64. The van der Waals surface area contributed by atoms with Gasteiger partial charge in [-0.2, -0.15) is 0 Å². The minimum absolute atomic E-state index is 0.148. The van der Waals surface area contributed by atoms with E-state index in [0.29, 0.717) is 12.8 Å². The first-order valence-corrected chi connectivity index (χ1v) is 4.53. The fourth-order valence-electron chi connectivity index (χ4n) is 1.04. The van der Waals surface area contributed by atoms with Crippen molar-refractivity contribution in [2.24, 2.45) is 0 Å². The highest BCUT2D eigenvalue weighted by atomic mass is 16.2. The average Bonchev–Trinajstić information content (AvgIpc) is 2.52. The van der Waals surface area contributed by atoms with Gasteiger partial charge in [0, 0.05) is 12.8 Å². The quantitative estimate of drug-likeness (QED) is 0.630. The number of carbonyl (C=O) groups excluding carboxylic acids is 2. The molecule has 1 aromatic carbocycles. The van der Waals surface area contributed by atoms with Crippen LogP contribution in [0.25, 0.3) is 0 Å². The number of nitrogens with one attached hydrogen (secondary N) is 1. The molecule has 14 heavy (non-hydrogen) atoms. The molecule has 0 bridgehead atoms. The average molecular weight is 191 g/mol. The van der Waals surface area contributed by atoms with Crippen LogP contribution in [0.5, 0.6) is 0 Å². The summed E-state index contributed by atoms with van der Waals surface area (Å²) < 4.78 is 0. The van der Waals surface area contributed by atoms with Gasteiger partial charge >= 0.3 is 0 Å². The zero-order valence-electron chi connectivity index (χ0n) is 8.12. The van der Waals surface area contributed by atoms with Crippen LogP contribution in [0.4, 0.5) is 0 Å². The Morgan fingerprint density at radius 1 is 1.00 bits per heavy atom. The standard InChI is InChI=1S/C7H8.C4H5NO2/c1-7-5-3-2-4-6-7;6-3-1-2-4(7)5-3/h2-6H,1H3;1-2H2,(H,5,6,7). The van der Waals surface area contributed by atoms with Crippen molar-refractivity contribution in [2.75, 3.05) is 0 Å². The van der Waals surface area contributed by atoms with Crippen molar-refractivity contribution in [2.45, 2.75) is 19.8 Å². The lowest BCUT2D eigenvalue weighted by molar-refractivity contribution is -0.124. The van der Waals surface area contributed by atoms with Crippen LogP contribution in [0.3, 0.4) is 0 Å². The van der Waals surface area contributed by atoms with Crippen molar-refractivity contribution in [3.05, 3.63) is 35.9 Å². The maximum Gasteiger partial charge on any atom is 0.227 e. The lowest BCUT2D eigenvalue weighted by Gasteiger charge is -1.82. The van der Waals surface area contributed by atoms with Gasteiger partial charge in [0.1, 0.15) is 0 Å². The van der Waals surface area contributed by atoms with Gasteiger partial charge in [0.15, 0.2) is 0 Å². The number of hydrogen-bond acceptors (Lipinski definition) is 2. The van der Waals surface area contributed by atoms with Crippen LogP contribution in [0.2, 0.25) is 0 Å². The first-order chi connectivity index (χ1) is 6.68. The van der Waals surface area contributed by atoms with Gasteiger partial charge in [0.2, 0.25) is 11.8 Å². The molecule has 1 saturated heterocycles. The van der Waals surface area contributed by atoms with Gasteiger partial charge in [-0.3, -0.25) is 14.9 Å². The van der Waals surface area contributed by atoms with Crippen LogP contribution >= 0.6 is 0 Å². The molecule has 74 valence electrons. The van der Waals surface area contributed by atoms with Crippen molar-refractivity contribution in [1.82, 2.24) is 5.32 Å². The molecule has 0 aromatic heterocycles. The van der Waals surface area contributed by atoms with Gasteiger partial charge in [0.05, 0.1) is 0 Å². The van der Waals surface area contributed by atoms with E-state index in [0.717, 1.165) is 0 Å². The second kappa shape index (κ2) is 5.17. The highest BCUT2D eigenvalue weighted by Crippen LogP contribution is 1.95. The molecule has 1 heterocycles. The maximum absolute atomic E-state index is 10.1. The molecule has 1 fully saturated rings. The lowest BCUT2D eigenvalue weighted by Crippen LogP contribution is -2.18. The van der Waals surface area contributed by atoms with Gasteiger partial charge in [-0.25, -0.2) is 0 Å². The second-order valence-electron chi connectivity index (χ2n) is 3.13. The van der Waals surface area contributed by atoms with Crippen LogP contribution in [0.1, 0.15) is 18.4 Å². The predicted octanol–water partition coefficient (Wildman–Crippen LogP) is 1.42. The van der Waals surface area contributed by atoms with Gasteiger partial charge in [-0.05, 0) is 6.92 Å². The van der Waals surface area contributed by atoms with Crippen LogP contribution in [0, 0.1) is 6.92 Å². The monoisotopic (exact) mass is 191 g/mol. The van der Waals surface area contributed by atoms with Gasteiger partial charge in [-0.1, -0.05) is 35.9 Å². The van der Waals surface area contributed by atoms with Gasteiger partial charge in [0.25, 0.3) is 0 Å². The SMILES string of the molecule is Cc1ccccc1.O=C1CCC(=O)N1. The van der Waals surface area contributed by atoms with E-state index in [1.54, 1.807) is 0 Å². The summed E-state index contributed by atoms with van der Waals surface area (Å²) in [5, 5.41) is 2.14. The first-order valence-electron chi connectivity index (χ1n) is 4.53. The summed E-state index contributed by atoms with van der Waals surface area (Å²) in [5.41, 5.74) is 1.32. The number of hydrogen-bond donors (Lipinski definition) is 1. The third-order valence-corrected chi connectivity index (χ3v) is 1.80. The molecular formula is C11H13NO2. The highest BCUT2D eigenvalue weighted by Gasteiger charge is 2.15. The molecule has 0 atom stereocenters. The number of rotatable bonds is 0. The zero-order chi connectivity index (χ0) is 10.4. The molecule has 0 saturated carbocycles. The summed E-state index contributed by atoms with van der Waals surface area (Å²) in [6.45, 7) is 2.08. The summed E-state index contributed by atoms with van der Waals surface area (Å²) in [6.07, 6.45) is 0.748. The summed E-state index contributed by atoms with van der Waals surface area (Å²) in [4.78, 5) is 20.2. The van der Waals surface area contributed by atoms with E-state index in [-0.39, 0.29) is 11.8 Å². The Bertz CT molecular complexity index is 305. The molecule has 3 heteroatoms. The van der Waals surface area contributed by atoms with Crippen LogP contribution in [0.15, 0.2) is 30.3 Å². The second-order valence-corrected chi connectivity index (χ2v) is 3.13. The molecule has 0 aliphatic carbocycles. The van der Waals surface area contributed by atoms with Gasteiger partial charge < -0.3 is 0 Å². The molecule has 1 N–H and O–H groups in total. The number of aryl methyl sites for hydroxylation is 1. The van der Waals surface area contributed by atoms with E-state index in [2.05, 4.69) is 24.4 Å². The molecule has 1 aliphatic heterocycles. The van der Waals surface area contributed by atoms with Crippen molar-refractivity contribution < 1.29 is 9.59 Å². The van der Waals surface area contributed by atoms with E-state index in [4.69, 9.17) is 0 Å². The Balaban J connectivity index is 0.000000140.